The lowest BCUT2D eigenvalue weighted by Gasteiger charge is -2.27. The van der Waals surface area contributed by atoms with Crippen molar-refractivity contribution in [2.24, 2.45) is 0 Å². The van der Waals surface area contributed by atoms with Gasteiger partial charge in [0.2, 0.25) is 0 Å². The molecule has 138 valence electrons. The van der Waals surface area contributed by atoms with Crippen LogP contribution in [0, 0.1) is 11.8 Å². The number of aliphatic hydroxyl groups is 1. The van der Waals surface area contributed by atoms with Crippen LogP contribution in [0.1, 0.15) is 43.2 Å². The third kappa shape index (κ3) is 3.58. The fourth-order valence-electron chi connectivity index (χ4n) is 4.44. The maximum absolute atomic E-state index is 12.2. The van der Waals surface area contributed by atoms with E-state index in [1.807, 2.05) is 17.0 Å². The minimum Gasteiger partial charge on any atom is -0.442 e. The SMILES string of the molecule is O=C1O[C@@H]2CN(Cc3ccc(C#CCCO)cc3)C[C@@H]2N1C1CCCC1. The van der Waals surface area contributed by atoms with Crippen LogP contribution in [0.5, 0.6) is 0 Å². The Kier molecular flexibility index (Phi) is 5.14. The molecule has 1 N–H and O–H groups in total. The van der Waals surface area contributed by atoms with Crippen molar-refractivity contribution >= 4 is 6.09 Å². The summed E-state index contributed by atoms with van der Waals surface area (Å²) < 4.78 is 5.66. The number of hydrogen-bond donors (Lipinski definition) is 1. The molecular formula is C21H26N2O3. The van der Waals surface area contributed by atoms with Crippen molar-refractivity contribution < 1.29 is 14.6 Å². The van der Waals surface area contributed by atoms with Gasteiger partial charge in [0.15, 0.2) is 0 Å². The van der Waals surface area contributed by atoms with Crippen molar-refractivity contribution in [2.75, 3.05) is 19.7 Å². The van der Waals surface area contributed by atoms with Crippen LogP contribution in [0.15, 0.2) is 24.3 Å². The van der Waals surface area contributed by atoms with Gasteiger partial charge in [-0.25, -0.2) is 4.79 Å². The smallest absolute Gasteiger partial charge is 0.410 e. The Morgan fingerprint density at radius 2 is 1.92 bits per heavy atom. The summed E-state index contributed by atoms with van der Waals surface area (Å²) in [4.78, 5) is 16.7. The Balaban J connectivity index is 1.36. The third-order valence-electron chi connectivity index (χ3n) is 5.68. The van der Waals surface area contributed by atoms with E-state index >= 15 is 0 Å². The maximum Gasteiger partial charge on any atom is 0.410 e. The summed E-state index contributed by atoms with van der Waals surface area (Å²) in [6, 6.07) is 8.88. The van der Waals surface area contributed by atoms with Gasteiger partial charge in [0.05, 0.1) is 12.6 Å². The first-order valence-corrected chi connectivity index (χ1v) is 9.64. The van der Waals surface area contributed by atoms with E-state index in [9.17, 15) is 4.79 Å². The summed E-state index contributed by atoms with van der Waals surface area (Å²) in [6.07, 6.45) is 5.12. The molecule has 2 aliphatic heterocycles. The Labute approximate surface area is 154 Å². The largest absolute Gasteiger partial charge is 0.442 e. The van der Waals surface area contributed by atoms with Crippen molar-refractivity contribution in [3.63, 3.8) is 0 Å². The van der Waals surface area contributed by atoms with E-state index in [1.165, 1.54) is 18.4 Å². The second-order valence-electron chi connectivity index (χ2n) is 7.50. The summed E-state index contributed by atoms with van der Waals surface area (Å²) in [5.74, 6) is 5.99. The number of carbonyl (C=O) groups is 1. The minimum absolute atomic E-state index is 0.0201. The molecule has 3 aliphatic rings. The Morgan fingerprint density at radius 1 is 1.15 bits per heavy atom. The molecule has 1 amide bonds. The van der Waals surface area contributed by atoms with E-state index in [4.69, 9.17) is 9.84 Å². The molecule has 1 aromatic rings. The number of nitrogens with zero attached hydrogens (tertiary/aromatic N) is 2. The van der Waals surface area contributed by atoms with Crippen LogP contribution < -0.4 is 0 Å². The lowest BCUT2D eigenvalue weighted by atomic mass is 10.1. The topological polar surface area (TPSA) is 53.0 Å². The molecule has 4 rings (SSSR count). The quantitative estimate of drug-likeness (QED) is 0.844. The molecular weight excluding hydrogens is 328 g/mol. The molecule has 2 heterocycles. The maximum atomic E-state index is 12.2. The highest BCUT2D eigenvalue weighted by molar-refractivity contribution is 5.71. The zero-order valence-corrected chi connectivity index (χ0v) is 15.1. The third-order valence-corrected chi connectivity index (χ3v) is 5.68. The van der Waals surface area contributed by atoms with Crippen LogP contribution in [0.2, 0.25) is 0 Å². The van der Waals surface area contributed by atoms with Crippen molar-refractivity contribution in [1.82, 2.24) is 9.80 Å². The molecule has 1 aliphatic carbocycles. The Hall–Kier alpha value is -2.03. The van der Waals surface area contributed by atoms with Crippen LogP contribution in [0.25, 0.3) is 0 Å². The van der Waals surface area contributed by atoms with Gasteiger partial charge in [0.1, 0.15) is 6.10 Å². The number of aliphatic hydroxyl groups excluding tert-OH is 1. The first kappa shape index (κ1) is 17.4. The normalized spacial score (nSPS) is 25.9. The predicted molar refractivity (Wildman–Crippen MR) is 98.5 cm³/mol. The van der Waals surface area contributed by atoms with Gasteiger partial charge in [0, 0.05) is 37.7 Å². The average Bonchev–Trinajstić information content (AvgIpc) is 3.33. The van der Waals surface area contributed by atoms with Crippen LogP contribution in [-0.2, 0) is 11.3 Å². The second-order valence-corrected chi connectivity index (χ2v) is 7.50. The van der Waals surface area contributed by atoms with Crippen LogP contribution in [0.4, 0.5) is 4.79 Å². The lowest BCUT2D eigenvalue weighted by molar-refractivity contribution is 0.113. The molecule has 0 radical (unpaired) electrons. The van der Waals surface area contributed by atoms with E-state index in [0.29, 0.717) is 12.5 Å². The van der Waals surface area contributed by atoms with E-state index in [1.54, 1.807) is 0 Å². The lowest BCUT2D eigenvalue weighted by Crippen LogP contribution is -2.43. The highest BCUT2D eigenvalue weighted by Gasteiger charge is 2.50. The van der Waals surface area contributed by atoms with Gasteiger partial charge in [-0.2, -0.15) is 0 Å². The van der Waals surface area contributed by atoms with Crippen LogP contribution in [-0.4, -0.2) is 58.9 Å². The number of carbonyl (C=O) groups excluding carboxylic acids is 1. The van der Waals surface area contributed by atoms with E-state index in [0.717, 1.165) is 38.0 Å². The molecule has 26 heavy (non-hydrogen) atoms. The first-order chi connectivity index (χ1) is 12.7. The van der Waals surface area contributed by atoms with Crippen LogP contribution in [0.3, 0.4) is 0 Å². The highest BCUT2D eigenvalue weighted by Crippen LogP contribution is 2.34. The van der Waals surface area contributed by atoms with E-state index in [2.05, 4.69) is 28.9 Å². The Morgan fingerprint density at radius 3 is 2.65 bits per heavy atom. The zero-order chi connectivity index (χ0) is 17.9. The number of rotatable bonds is 4. The summed E-state index contributed by atoms with van der Waals surface area (Å²) in [6.45, 7) is 2.68. The standard InChI is InChI=1S/C21H26N2O3/c24-12-4-3-5-16-8-10-17(11-9-16)13-22-14-19-20(15-22)26-21(25)23(19)18-6-1-2-7-18/h8-11,18-20,24H,1-2,4,6-7,12-15H2/t19-,20+/m0/s1. The van der Waals surface area contributed by atoms with Gasteiger partial charge in [-0.15, -0.1) is 0 Å². The molecule has 0 spiro atoms. The number of ether oxygens (including phenoxy) is 1. The zero-order valence-electron chi connectivity index (χ0n) is 15.1. The number of hydrogen-bond acceptors (Lipinski definition) is 4. The predicted octanol–water partition coefficient (Wildman–Crippen LogP) is 2.37. The molecule has 2 atom stereocenters. The number of amides is 1. The summed E-state index contributed by atoms with van der Waals surface area (Å²) in [5, 5.41) is 8.78. The summed E-state index contributed by atoms with van der Waals surface area (Å²) in [7, 11) is 0. The average molecular weight is 354 g/mol. The van der Waals surface area contributed by atoms with E-state index < -0.39 is 0 Å². The van der Waals surface area contributed by atoms with Gasteiger partial charge >= 0.3 is 6.09 Å². The van der Waals surface area contributed by atoms with Gasteiger partial charge in [0.25, 0.3) is 0 Å². The molecule has 0 unspecified atom stereocenters. The molecule has 0 aromatic heterocycles. The molecule has 5 nitrogen and oxygen atoms in total. The van der Waals surface area contributed by atoms with Crippen molar-refractivity contribution in [2.45, 2.75) is 56.8 Å². The Bertz CT molecular complexity index is 700. The monoisotopic (exact) mass is 354 g/mol. The fourth-order valence-corrected chi connectivity index (χ4v) is 4.44. The van der Waals surface area contributed by atoms with Crippen molar-refractivity contribution in [1.29, 1.82) is 0 Å². The molecule has 1 aromatic carbocycles. The molecule has 2 saturated heterocycles. The summed E-state index contributed by atoms with van der Waals surface area (Å²) >= 11 is 0. The number of benzene rings is 1. The van der Waals surface area contributed by atoms with E-state index in [-0.39, 0.29) is 24.8 Å². The summed E-state index contributed by atoms with van der Waals surface area (Å²) in [5.41, 5.74) is 2.22. The van der Waals surface area contributed by atoms with Gasteiger partial charge in [-0.1, -0.05) is 36.8 Å². The van der Waals surface area contributed by atoms with Gasteiger partial charge in [-0.05, 0) is 30.5 Å². The van der Waals surface area contributed by atoms with Crippen molar-refractivity contribution in [3.05, 3.63) is 35.4 Å². The van der Waals surface area contributed by atoms with Gasteiger partial charge < -0.3 is 9.84 Å². The number of fused-ring (bicyclic) bond motifs is 1. The minimum atomic E-state index is -0.0997. The van der Waals surface area contributed by atoms with Crippen molar-refractivity contribution in [3.8, 4) is 11.8 Å². The van der Waals surface area contributed by atoms with Crippen LogP contribution >= 0.6 is 0 Å². The molecule has 5 heteroatoms. The molecule has 1 saturated carbocycles. The second kappa shape index (κ2) is 7.69. The molecule has 0 bridgehead atoms. The first-order valence-electron chi connectivity index (χ1n) is 9.64. The van der Waals surface area contributed by atoms with Gasteiger partial charge in [-0.3, -0.25) is 9.80 Å². The number of likely N-dealkylation sites (tertiary alicyclic amines) is 1. The molecule has 3 fully saturated rings. The fraction of sp³-hybridized carbons (Fsp3) is 0.571. The highest BCUT2D eigenvalue weighted by atomic mass is 16.6.